The molecule has 0 bridgehead atoms. The predicted molar refractivity (Wildman–Crippen MR) is 361 cm³/mol. The molecule has 0 spiro atoms. The Labute approximate surface area is 531 Å². The van der Waals surface area contributed by atoms with E-state index in [2.05, 4.69) is 38.2 Å². The third-order valence-electron chi connectivity index (χ3n) is 18.1. The summed E-state index contributed by atoms with van der Waals surface area (Å²) in [7, 11) is 0. The van der Waals surface area contributed by atoms with Crippen molar-refractivity contribution < 1.29 is 49.3 Å². The monoisotopic (exact) mass is 1220 g/mol. The van der Waals surface area contributed by atoms with Crippen LogP contribution in [0.5, 0.6) is 0 Å². The summed E-state index contributed by atoms with van der Waals surface area (Å²) in [6.45, 7) is 5.85. The molecule has 1 rings (SSSR count). The topological polar surface area (TPSA) is 175 Å². The first-order chi connectivity index (χ1) is 42.2. The quantitative estimate of drug-likeness (QED) is 0.0195. The third kappa shape index (κ3) is 49.9. The van der Waals surface area contributed by atoms with Crippen molar-refractivity contribution in [1.29, 1.82) is 0 Å². The lowest BCUT2D eigenvalue weighted by Crippen LogP contribution is -2.61. The number of hydrogen-bond acceptors (Lipinski definition) is 10. The Balaban J connectivity index is 2.50. The number of esters is 1. The zero-order valence-electron chi connectivity index (χ0n) is 56.7. The molecule has 1 amide bonds. The molecule has 1 fully saturated rings. The van der Waals surface area contributed by atoms with E-state index in [0.29, 0.717) is 19.3 Å². The maximum absolute atomic E-state index is 13.5. The van der Waals surface area contributed by atoms with E-state index in [1.165, 1.54) is 270 Å². The van der Waals surface area contributed by atoms with Crippen molar-refractivity contribution in [1.82, 2.24) is 5.32 Å². The Morgan fingerprint density at radius 1 is 0.442 bits per heavy atom. The Morgan fingerprint density at radius 3 is 1.13 bits per heavy atom. The number of carbonyl (C=O) groups excluding carboxylic acids is 2. The zero-order chi connectivity index (χ0) is 62.4. The van der Waals surface area contributed by atoms with Gasteiger partial charge in [0.05, 0.1) is 25.4 Å². The van der Waals surface area contributed by atoms with Crippen LogP contribution in [-0.4, -0.2) is 99.6 Å². The minimum absolute atomic E-state index is 0.130. The van der Waals surface area contributed by atoms with Gasteiger partial charge in [0.1, 0.15) is 24.4 Å². The van der Waals surface area contributed by atoms with E-state index in [0.717, 1.165) is 64.2 Å². The molecule has 508 valence electrons. The number of allylic oxidation sites excluding steroid dienone is 3. The standard InChI is InChI=1S/C75H143NO10/c1-4-7-10-13-16-19-22-25-27-29-31-32-33-34-35-36-37-38-39-41-43-45-48-51-54-57-60-63-70(80)86-73-72(82)71(81)69(64-77)85-75(73)84-65-66(67(78)61-58-55-52-49-46-24-21-18-15-12-9-6-3)76-74(83)68(79)62-59-56-53-50-47-44-42-40-30-28-26-23-20-17-14-11-8-5-2/h26,28,58,61,66-69,71-73,75,77-79,81-82H,4-25,27,29-57,59-60,62-65H2,1-3H3,(H,76,83)/b28-26+,61-58+. The number of aliphatic hydroxyl groups is 5. The number of ether oxygens (including phenoxy) is 3. The number of hydrogen-bond donors (Lipinski definition) is 6. The van der Waals surface area contributed by atoms with Crippen LogP contribution in [0.3, 0.4) is 0 Å². The zero-order valence-corrected chi connectivity index (χ0v) is 56.7. The Hall–Kier alpha value is -1.86. The number of aliphatic hydroxyl groups excluding tert-OH is 5. The van der Waals surface area contributed by atoms with E-state index in [1.807, 2.05) is 6.08 Å². The van der Waals surface area contributed by atoms with Gasteiger partial charge in [-0.15, -0.1) is 0 Å². The van der Waals surface area contributed by atoms with Crippen LogP contribution in [0.4, 0.5) is 0 Å². The molecule has 11 heteroatoms. The van der Waals surface area contributed by atoms with Crippen LogP contribution in [0.2, 0.25) is 0 Å². The van der Waals surface area contributed by atoms with E-state index in [4.69, 9.17) is 14.2 Å². The lowest BCUT2D eigenvalue weighted by Gasteiger charge is -2.41. The summed E-state index contributed by atoms with van der Waals surface area (Å²) in [6.07, 6.45) is 66.6. The molecule has 0 aromatic heterocycles. The molecule has 1 aliphatic heterocycles. The number of unbranched alkanes of at least 4 members (excludes halogenated alkanes) is 50. The van der Waals surface area contributed by atoms with Crippen LogP contribution in [0, 0.1) is 0 Å². The molecule has 0 radical (unpaired) electrons. The molecule has 6 N–H and O–H groups in total. The second-order valence-electron chi connectivity index (χ2n) is 26.4. The van der Waals surface area contributed by atoms with Gasteiger partial charge >= 0.3 is 5.97 Å². The van der Waals surface area contributed by atoms with Crippen LogP contribution in [0.1, 0.15) is 380 Å². The van der Waals surface area contributed by atoms with Gasteiger partial charge in [-0.05, 0) is 51.4 Å². The summed E-state index contributed by atoms with van der Waals surface area (Å²) in [5, 5.41) is 57.3. The van der Waals surface area contributed by atoms with Crippen LogP contribution in [0.25, 0.3) is 0 Å². The van der Waals surface area contributed by atoms with E-state index < -0.39 is 67.4 Å². The van der Waals surface area contributed by atoms with Crippen molar-refractivity contribution in [2.45, 2.75) is 429 Å². The second-order valence-corrected chi connectivity index (χ2v) is 26.4. The lowest BCUT2D eigenvalue weighted by molar-refractivity contribution is -0.305. The number of carbonyl (C=O) groups is 2. The molecule has 1 saturated heterocycles. The van der Waals surface area contributed by atoms with Crippen molar-refractivity contribution >= 4 is 11.9 Å². The SMILES string of the molecule is CCCCCCCC/C=C/CCCCCCCCCCC(O)C(=O)NC(COC1OC(CO)C(O)C(O)C1OC(=O)CCCCCCCCCCCCCCCCCCCCCCCCCCCCC)C(O)/C=C/CCCCCCCCCCCC. The summed E-state index contributed by atoms with van der Waals surface area (Å²) in [6, 6.07) is -1.02. The van der Waals surface area contributed by atoms with Gasteiger partial charge in [-0.3, -0.25) is 9.59 Å². The van der Waals surface area contributed by atoms with Crippen molar-refractivity contribution in [3.05, 3.63) is 24.3 Å². The molecule has 0 aromatic carbocycles. The van der Waals surface area contributed by atoms with Gasteiger partial charge in [0.2, 0.25) is 5.91 Å². The smallest absolute Gasteiger partial charge is 0.306 e. The first-order valence-corrected chi connectivity index (χ1v) is 37.6. The third-order valence-corrected chi connectivity index (χ3v) is 18.1. The molecule has 0 aromatic rings. The molecule has 0 aliphatic carbocycles. The van der Waals surface area contributed by atoms with Crippen molar-refractivity contribution in [3.8, 4) is 0 Å². The molecule has 1 heterocycles. The maximum atomic E-state index is 13.5. The second kappa shape index (κ2) is 63.3. The highest BCUT2D eigenvalue weighted by atomic mass is 16.7. The molecule has 11 nitrogen and oxygen atoms in total. The van der Waals surface area contributed by atoms with Crippen LogP contribution in [-0.2, 0) is 23.8 Å². The van der Waals surface area contributed by atoms with Gasteiger partial charge in [0.15, 0.2) is 12.4 Å². The average Bonchev–Trinajstić information content (AvgIpc) is 3.59. The number of amides is 1. The summed E-state index contributed by atoms with van der Waals surface area (Å²) in [5.41, 5.74) is 0. The minimum Gasteiger partial charge on any atom is -0.454 e. The van der Waals surface area contributed by atoms with Crippen molar-refractivity contribution in [3.63, 3.8) is 0 Å². The van der Waals surface area contributed by atoms with E-state index >= 15 is 0 Å². The minimum atomic E-state index is -1.61. The highest BCUT2D eigenvalue weighted by Gasteiger charge is 2.47. The highest BCUT2D eigenvalue weighted by molar-refractivity contribution is 5.80. The van der Waals surface area contributed by atoms with Crippen LogP contribution >= 0.6 is 0 Å². The van der Waals surface area contributed by atoms with E-state index in [-0.39, 0.29) is 13.0 Å². The average molecular weight is 1220 g/mol. The normalized spacial score (nSPS) is 18.3. The number of nitrogens with one attached hydrogen (secondary N) is 1. The molecule has 86 heavy (non-hydrogen) atoms. The van der Waals surface area contributed by atoms with E-state index in [1.54, 1.807) is 6.08 Å². The molecule has 8 atom stereocenters. The Morgan fingerprint density at radius 2 is 0.767 bits per heavy atom. The highest BCUT2D eigenvalue weighted by Crippen LogP contribution is 2.27. The summed E-state index contributed by atoms with van der Waals surface area (Å²) < 4.78 is 17.7. The fraction of sp³-hybridized carbons (Fsp3) is 0.920. The van der Waals surface area contributed by atoms with Crippen molar-refractivity contribution in [2.75, 3.05) is 13.2 Å². The Kier molecular flexibility index (Phi) is 60.5. The van der Waals surface area contributed by atoms with Crippen LogP contribution in [0.15, 0.2) is 24.3 Å². The maximum Gasteiger partial charge on any atom is 0.306 e. The van der Waals surface area contributed by atoms with Crippen molar-refractivity contribution in [2.24, 2.45) is 0 Å². The summed E-state index contributed by atoms with van der Waals surface area (Å²) >= 11 is 0. The summed E-state index contributed by atoms with van der Waals surface area (Å²) in [5.74, 6) is -1.18. The van der Waals surface area contributed by atoms with Crippen LogP contribution < -0.4 is 5.32 Å². The predicted octanol–water partition coefficient (Wildman–Crippen LogP) is 19.6. The largest absolute Gasteiger partial charge is 0.454 e. The van der Waals surface area contributed by atoms with Gasteiger partial charge in [0.25, 0.3) is 0 Å². The summed E-state index contributed by atoms with van der Waals surface area (Å²) in [4.78, 5) is 26.7. The van der Waals surface area contributed by atoms with Gasteiger partial charge in [-0.2, -0.15) is 0 Å². The molecule has 0 saturated carbocycles. The molecule has 8 unspecified atom stereocenters. The first-order valence-electron chi connectivity index (χ1n) is 37.6. The molecule has 1 aliphatic rings. The first kappa shape index (κ1) is 82.2. The fourth-order valence-electron chi connectivity index (χ4n) is 12.2. The van der Waals surface area contributed by atoms with E-state index in [9.17, 15) is 35.1 Å². The lowest BCUT2D eigenvalue weighted by atomic mass is 9.99. The van der Waals surface area contributed by atoms with Gasteiger partial charge < -0.3 is 45.1 Å². The van der Waals surface area contributed by atoms with Gasteiger partial charge in [-0.1, -0.05) is 347 Å². The molecular weight excluding hydrogens is 1070 g/mol. The fourth-order valence-corrected chi connectivity index (χ4v) is 12.2. The van der Waals surface area contributed by atoms with Gasteiger partial charge in [0, 0.05) is 6.42 Å². The number of rotatable bonds is 66. The Bertz CT molecular complexity index is 1500. The molecular formula is C75H143NO10. The van der Waals surface area contributed by atoms with Gasteiger partial charge in [-0.25, -0.2) is 0 Å².